The third-order valence-electron chi connectivity index (χ3n) is 2.21. The van der Waals surface area contributed by atoms with Crippen molar-refractivity contribution in [1.29, 1.82) is 0 Å². The van der Waals surface area contributed by atoms with Gasteiger partial charge in [0.15, 0.2) is 0 Å². The minimum absolute atomic E-state index is 0.00641. The van der Waals surface area contributed by atoms with Crippen molar-refractivity contribution in [2.24, 2.45) is 5.14 Å². The standard InChI is InChI=1S/C10H14ClN3O4S/c1-18-10(15)7-4-6(12)5-8(11)9(7)14-2-3-19(13,16)17/h4-5,14H,2-3,12H2,1H3,(H2,13,16,17). The highest BCUT2D eigenvalue weighted by molar-refractivity contribution is 7.89. The van der Waals surface area contributed by atoms with E-state index in [1.54, 1.807) is 0 Å². The normalized spacial score (nSPS) is 11.1. The molecule has 0 radical (unpaired) electrons. The Morgan fingerprint density at radius 3 is 2.63 bits per heavy atom. The monoisotopic (exact) mass is 307 g/mol. The lowest BCUT2D eigenvalue weighted by Crippen LogP contribution is -2.23. The van der Waals surface area contributed by atoms with Gasteiger partial charge in [-0.05, 0) is 12.1 Å². The summed E-state index contributed by atoms with van der Waals surface area (Å²) in [4.78, 5) is 11.6. The van der Waals surface area contributed by atoms with Crippen LogP contribution in [0.5, 0.6) is 0 Å². The molecule has 0 aromatic heterocycles. The minimum atomic E-state index is -3.60. The molecule has 5 N–H and O–H groups in total. The molecule has 7 nitrogen and oxygen atoms in total. The van der Waals surface area contributed by atoms with Gasteiger partial charge in [-0.1, -0.05) is 11.6 Å². The summed E-state index contributed by atoms with van der Waals surface area (Å²) >= 11 is 5.95. The first-order valence-electron chi connectivity index (χ1n) is 5.16. The van der Waals surface area contributed by atoms with E-state index < -0.39 is 16.0 Å². The second-order valence-corrected chi connectivity index (χ2v) is 5.85. The van der Waals surface area contributed by atoms with Crippen LogP contribution in [0.25, 0.3) is 0 Å². The second kappa shape index (κ2) is 6.09. The fourth-order valence-electron chi connectivity index (χ4n) is 1.40. The number of hydrogen-bond acceptors (Lipinski definition) is 6. The van der Waals surface area contributed by atoms with E-state index in [0.717, 1.165) is 0 Å². The predicted molar refractivity (Wildman–Crippen MR) is 73.7 cm³/mol. The Labute approximate surface area is 115 Å². The molecule has 0 bridgehead atoms. The van der Waals surface area contributed by atoms with Crippen LogP contribution in [-0.2, 0) is 14.8 Å². The van der Waals surface area contributed by atoms with Gasteiger partial charge in [-0.25, -0.2) is 18.4 Å². The molecule has 1 aromatic carbocycles. The number of benzene rings is 1. The third-order valence-corrected chi connectivity index (χ3v) is 3.28. The van der Waals surface area contributed by atoms with E-state index in [9.17, 15) is 13.2 Å². The number of anilines is 2. The molecule has 0 aliphatic heterocycles. The average Bonchev–Trinajstić information content (AvgIpc) is 2.28. The first-order valence-corrected chi connectivity index (χ1v) is 7.25. The van der Waals surface area contributed by atoms with Gasteiger partial charge in [-0.3, -0.25) is 0 Å². The maximum Gasteiger partial charge on any atom is 0.340 e. The summed E-state index contributed by atoms with van der Waals surface area (Å²) in [6, 6.07) is 2.82. The number of ether oxygens (including phenoxy) is 1. The van der Waals surface area contributed by atoms with Gasteiger partial charge in [0, 0.05) is 12.2 Å². The van der Waals surface area contributed by atoms with Crippen molar-refractivity contribution in [1.82, 2.24) is 0 Å². The van der Waals surface area contributed by atoms with Crippen molar-refractivity contribution < 1.29 is 17.9 Å². The fourth-order valence-corrected chi connectivity index (χ4v) is 2.08. The Bertz CT molecular complexity index is 589. The number of hydrogen-bond donors (Lipinski definition) is 3. The number of nitrogen functional groups attached to an aromatic ring is 1. The highest BCUT2D eigenvalue weighted by Crippen LogP contribution is 2.29. The van der Waals surface area contributed by atoms with Crippen LogP contribution in [0, 0.1) is 0 Å². The largest absolute Gasteiger partial charge is 0.465 e. The number of rotatable bonds is 5. The zero-order valence-corrected chi connectivity index (χ0v) is 11.7. The first-order chi connectivity index (χ1) is 8.74. The van der Waals surface area contributed by atoms with Gasteiger partial charge in [-0.15, -0.1) is 0 Å². The summed E-state index contributed by atoms with van der Waals surface area (Å²) < 4.78 is 26.3. The Kier molecular flexibility index (Phi) is 4.98. The van der Waals surface area contributed by atoms with Crippen LogP contribution in [-0.4, -0.2) is 33.8 Å². The fraction of sp³-hybridized carbons (Fsp3) is 0.300. The number of nitrogens with two attached hydrogens (primary N) is 2. The molecular weight excluding hydrogens is 294 g/mol. The molecule has 0 amide bonds. The van der Waals surface area contributed by atoms with E-state index in [1.807, 2.05) is 0 Å². The van der Waals surface area contributed by atoms with E-state index in [2.05, 4.69) is 10.1 Å². The highest BCUT2D eigenvalue weighted by atomic mass is 35.5. The van der Waals surface area contributed by atoms with Gasteiger partial charge in [0.2, 0.25) is 10.0 Å². The Balaban J connectivity index is 3.01. The quantitative estimate of drug-likeness (QED) is 0.534. The number of halogens is 1. The number of primary sulfonamides is 1. The molecule has 0 unspecified atom stereocenters. The summed E-state index contributed by atoms with van der Waals surface area (Å²) in [7, 11) is -2.38. The number of nitrogens with one attached hydrogen (secondary N) is 1. The molecule has 9 heteroatoms. The van der Waals surface area contributed by atoms with Gasteiger partial charge in [-0.2, -0.15) is 0 Å². The Morgan fingerprint density at radius 1 is 1.47 bits per heavy atom. The minimum Gasteiger partial charge on any atom is -0.465 e. The number of esters is 1. The van der Waals surface area contributed by atoms with Crippen molar-refractivity contribution in [2.75, 3.05) is 30.5 Å². The van der Waals surface area contributed by atoms with Crippen LogP contribution < -0.4 is 16.2 Å². The Morgan fingerprint density at radius 2 is 2.11 bits per heavy atom. The van der Waals surface area contributed by atoms with Crippen molar-refractivity contribution in [3.8, 4) is 0 Å². The molecule has 0 aliphatic carbocycles. The molecule has 19 heavy (non-hydrogen) atoms. The third kappa shape index (κ3) is 4.58. The maximum absolute atomic E-state index is 11.6. The number of methoxy groups -OCH3 is 1. The highest BCUT2D eigenvalue weighted by Gasteiger charge is 2.16. The van der Waals surface area contributed by atoms with Gasteiger partial charge in [0.05, 0.1) is 29.1 Å². The number of carbonyl (C=O) groups excluding carboxylic acids is 1. The van der Waals surface area contributed by atoms with Crippen molar-refractivity contribution >= 4 is 39.0 Å². The van der Waals surface area contributed by atoms with Crippen LogP contribution in [0.1, 0.15) is 10.4 Å². The van der Waals surface area contributed by atoms with Crippen LogP contribution >= 0.6 is 11.6 Å². The molecule has 106 valence electrons. The summed E-state index contributed by atoms with van der Waals surface area (Å²) in [5, 5.41) is 7.80. The zero-order valence-electron chi connectivity index (χ0n) is 10.1. The number of sulfonamides is 1. The predicted octanol–water partition coefficient (Wildman–Crippen LogP) is 0.409. The molecular formula is C10H14ClN3O4S. The maximum atomic E-state index is 11.6. The molecule has 1 rings (SSSR count). The van der Waals surface area contributed by atoms with E-state index in [4.69, 9.17) is 22.5 Å². The molecule has 0 fully saturated rings. The summed E-state index contributed by atoms with van der Waals surface area (Å²) in [5.74, 6) is -0.929. The van der Waals surface area contributed by atoms with Crippen LogP contribution in [0.15, 0.2) is 12.1 Å². The summed E-state index contributed by atoms with van der Waals surface area (Å²) in [6.07, 6.45) is 0. The van der Waals surface area contributed by atoms with Gasteiger partial charge in [0.25, 0.3) is 0 Å². The van der Waals surface area contributed by atoms with E-state index >= 15 is 0 Å². The molecule has 0 spiro atoms. The molecule has 1 aromatic rings. The van der Waals surface area contributed by atoms with Crippen LogP contribution in [0.3, 0.4) is 0 Å². The SMILES string of the molecule is COC(=O)c1cc(N)cc(Cl)c1NCCS(N)(=O)=O. The van der Waals surface area contributed by atoms with Crippen LogP contribution in [0.4, 0.5) is 11.4 Å². The van der Waals surface area contributed by atoms with Gasteiger partial charge < -0.3 is 15.8 Å². The lowest BCUT2D eigenvalue weighted by atomic mass is 10.1. The van der Waals surface area contributed by atoms with Crippen molar-refractivity contribution in [3.63, 3.8) is 0 Å². The molecule has 0 saturated carbocycles. The first kappa shape index (κ1) is 15.5. The number of carbonyl (C=O) groups is 1. The van der Waals surface area contributed by atoms with E-state index in [1.165, 1.54) is 19.2 Å². The molecule has 0 aliphatic rings. The molecule has 0 heterocycles. The lowest BCUT2D eigenvalue weighted by Gasteiger charge is -2.13. The van der Waals surface area contributed by atoms with Gasteiger partial charge >= 0.3 is 5.97 Å². The molecule has 0 atom stereocenters. The average molecular weight is 308 g/mol. The lowest BCUT2D eigenvalue weighted by molar-refractivity contribution is 0.0602. The summed E-state index contributed by atoms with van der Waals surface area (Å²) in [5.41, 5.74) is 6.26. The van der Waals surface area contributed by atoms with Crippen LogP contribution in [0.2, 0.25) is 5.02 Å². The van der Waals surface area contributed by atoms with E-state index in [-0.39, 0.29) is 28.6 Å². The van der Waals surface area contributed by atoms with E-state index in [0.29, 0.717) is 5.69 Å². The van der Waals surface area contributed by atoms with Crippen molar-refractivity contribution in [2.45, 2.75) is 0 Å². The summed E-state index contributed by atoms with van der Waals surface area (Å²) in [6.45, 7) is 0.00641. The second-order valence-electron chi connectivity index (χ2n) is 3.71. The van der Waals surface area contributed by atoms with Gasteiger partial charge in [0.1, 0.15) is 0 Å². The van der Waals surface area contributed by atoms with Crippen molar-refractivity contribution in [3.05, 3.63) is 22.7 Å². The topological polar surface area (TPSA) is 125 Å². The zero-order chi connectivity index (χ0) is 14.6. The Hall–Kier alpha value is -1.51. The smallest absolute Gasteiger partial charge is 0.340 e. The molecule has 0 saturated heterocycles.